The maximum absolute atomic E-state index is 5.17. The summed E-state index contributed by atoms with van der Waals surface area (Å²) in [4.78, 5) is 15.3. The quantitative estimate of drug-likeness (QED) is 0.154. The molecule has 11 rings (SSSR count). The molecule has 0 aliphatic carbocycles. The van der Waals surface area contributed by atoms with Crippen molar-refractivity contribution in [3.05, 3.63) is 231 Å². The summed E-state index contributed by atoms with van der Waals surface area (Å²) in [6.45, 7) is 0. The van der Waals surface area contributed by atoms with E-state index < -0.39 is 0 Å². The molecular formula is C57H38N4. The van der Waals surface area contributed by atoms with E-state index in [2.05, 4.69) is 211 Å². The molecule has 0 N–H and O–H groups in total. The molecule has 0 radical (unpaired) electrons. The molecule has 2 aromatic heterocycles. The van der Waals surface area contributed by atoms with Crippen LogP contribution in [0.2, 0.25) is 0 Å². The minimum absolute atomic E-state index is 0.618. The molecule has 0 saturated carbocycles. The van der Waals surface area contributed by atoms with Gasteiger partial charge in [-0.15, -0.1) is 0 Å². The summed E-state index contributed by atoms with van der Waals surface area (Å²) in [5.74, 6) is 1.88. The van der Waals surface area contributed by atoms with Crippen LogP contribution in [0.15, 0.2) is 231 Å². The first kappa shape index (κ1) is 35.9. The average Bonchev–Trinajstić information content (AvgIpc) is 3.68. The zero-order valence-corrected chi connectivity index (χ0v) is 33.2. The van der Waals surface area contributed by atoms with Crippen molar-refractivity contribution in [1.29, 1.82) is 0 Å². The van der Waals surface area contributed by atoms with Gasteiger partial charge < -0.3 is 4.57 Å². The second-order valence-electron chi connectivity index (χ2n) is 15.3. The van der Waals surface area contributed by atoms with Crippen molar-refractivity contribution >= 4 is 21.8 Å². The summed E-state index contributed by atoms with van der Waals surface area (Å²) < 4.78 is 2.39. The van der Waals surface area contributed by atoms with E-state index in [9.17, 15) is 0 Å². The number of rotatable bonds is 8. The molecule has 4 heteroatoms. The Bertz CT molecular complexity index is 3300. The van der Waals surface area contributed by atoms with Gasteiger partial charge in [0.2, 0.25) is 0 Å². The molecule has 0 saturated heterocycles. The topological polar surface area (TPSA) is 43.6 Å². The minimum Gasteiger partial charge on any atom is -0.309 e. The fourth-order valence-electron chi connectivity index (χ4n) is 8.35. The third kappa shape index (κ3) is 6.96. The highest BCUT2D eigenvalue weighted by Crippen LogP contribution is 2.38. The van der Waals surface area contributed by atoms with Crippen LogP contribution in [0.4, 0.5) is 0 Å². The maximum Gasteiger partial charge on any atom is 0.164 e. The lowest BCUT2D eigenvalue weighted by molar-refractivity contribution is 1.07. The Labute approximate surface area is 354 Å². The van der Waals surface area contributed by atoms with Crippen LogP contribution in [0.25, 0.3) is 106 Å². The number of benzene rings is 9. The van der Waals surface area contributed by atoms with Gasteiger partial charge in [-0.1, -0.05) is 206 Å². The van der Waals surface area contributed by atoms with Gasteiger partial charge in [-0.2, -0.15) is 0 Å². The zero-order valence-electron chi connectivity index (χ0n) is 33.2. The van der Waals surface area contributed by atoms with Gasteiger partial charge in [0.1, 0.15) is 0 Å². The highest BCUT2D eigenvalue weighted by Gasteiger charge is 2.18. The average molecular weight is 779 g/mol. The fourth-order valence-corrected chi connectivity index (χ4v) is 8.35. The number of nitrogens with zero attached hydrogens (tertiary/aromatic N) is 4. The van der Waals surface area contributed by atoms with E-state index in [0.717, 1.165) is 61.1 Å². The molecule has 286 valence electrons. The van der Waals surface area contributed by atoms with Crippen LogP contribution >= 0.6 is 0 Å². The third-order valence-electron chi connectivity index (χ3n) is 11.5. The minimum atomic E-state index is 0.618. The highest BCUT2D eigenvalue weighted by atomic mass is 15.0. The predicted molar refractivity (Wildman–Crippen MR) is 252 cm³/mol. The summed E-state index contributed by atoms with van der Waals surface area (Å²) in [6, 6.07) is 81.3. The van der Waals surface area contributed by atoms with Gasteiger partial charge >= 0.3 is 0 Å². The second kappa shape index (κ2) is 15.5. The van der Waals surface area contributed by atoms with E-state index in [0.29, 0.717) is 17.5 Å². The third-order valence-corrected chi connectivity index (χ3v) is 11.5. The molecule has 0 bridgehead atoms. The van der Waals surface area contributed by atoms with Crippen molar-refractivity contribution in [3.63, 3.8) is 0 Å². The maximum atomic E-state index is 5.17. The number of aromatic nitrogens is 4. The first-order valence-electron chi connectivity index (χ1n) is 20.6. The monoisotopic (exact) mass is 778 g/mol. The van der Waals surface area contributed by atoms with Crippen molar-refractivity contribution in [3.8, 4) is 84.4 Å². The Hall–Kier alpha value is -8.21. The molecule has 9 aromatic carbocycles. The molecule has 0 unspecified atom stereocenters. The Kier molecular flexibility index (Phi) is 9.14. The van der Waals surface area contributed by atoms with E-state index >= 15 is 0 Å². The first-order chi connectivity index (χ1) is 30.2. The molecule has 0 fully saturated rings. The van der Waals surface area contributed by atoms with Crippen molar-refractivity contribution in [2.75, 3.05) is 0 Å². The Morgan fingerprint density at radius 3 is 1.05 bits per heavy atom. The van der Waals surface area contributed by atoms with E-state index in [1.54, 1.807) is 0 Å². The molecule has 0 aliphatic heterocycles. The molecule has 11 aromatic rings. The van der Waals surface area contributed by atoms with Gasteiger partial charge in [-0.3, -0.25) is 0 Å². The van der Waals surface area contributed by atoms with Crippen LogP contribution in [-0.2, 0) is 0 Å². The molecule has 4 nitrogen and oxygen atoms in total. The largest absolute Gasteiger partial charge is 0.309 e. The highest BCUT2D eigenvalue weighted by molar-refractivity contribution is 6.11. The molecule has 2 heterocycles. The lowest BCUT2D eigenvalue weighted by Gasteiger charge is -2.13. The second-order valence-corrected chi connectivity index (χ2v) is 15.3. The van der Waals surface area contributed by atoms with Crippen LogP contribution in [0, 0.1) is 0 Å². The lowest BCUT2D eigenvalue weighted by Crippen LogP contribution is -2.00. The zero-order chi connectivity index (χ0) is 40.5. The van der Waals surface area contributed by atoms with E-state index in [1.165, 1.54) is 27.6 Å². The molecule has 61 heavy (non-hydrogen) atoms. The van der Waals surface area contributed by atoms with Crippen LogP contribution < -0.4 is 0 Å². The van der Waals surface area contributed by atoms with Crippen molar-refractivity contribution in [2.24, 2.45) is 0 Å². The number of fused-ring (bicyclic) bond motifs is 3. The SMILES string of the molecule is c1ccc(-c2ccc(-c3cccc(-n4c5cc(-c6ccccc6)ccc5c5ccc(-c6nc(-c7ccccc7)nc(-c7ccc(-c8ccccc8)cc7)n6)cc54)c3)cc2)cc1. The number of hydrogen-bond donors (Lipinski definition) is 0. The first-order valence-corrected chi connectivity index (χ1v) is 20.6. The van der Waals surface area contributed by atoms with E-state index in [-0.39, 0.29) is 0 Å². The van der Waals surface area contributed by atoms with Crippen molar-refractivity contribution < 1.29 is 0 Å². The summed E-state index contributed by atoms with van der Waals surface area (Å²) in [6.07, 6.45) is 0. The van der Waals surface area contributed by atoms with Gasteiger partial charge in [0, 0.05) is 33.2 Å². The van der Waals surface area contributed by atoms with E-state index in [4.69, 9.17) is 15.0 Å². The summed E-state index contributed by atoms with van der Waals surface area (Å²) in [7, 11) is 0. The van der Waals surface area contributed by atoms with Crippen LogP contribution in [0.1, 0.15) is 0 Å². The lowest BCUT2D eigenvalue weighted by atomic mass is 10.00. The fraction of sp³-hybridized carbons (Fsp3) is 0. The Morgan fingerprint density at radius 1 is 0.230 bits per heavy atom. The summed E-state index contributed by atoms with van der Waals surface area (Å²) >= 11 is 0. The van der Waals surface area contributed by atoms with E-state index in [1.807, 2.05) is 24.3 Å². The molecular weight excluding hydrogens is 741 g/mol. The van der Waals surface area contributed by atoms with Gasteiger partial charge in [0.05, 0.1) is 11.0 Å². The Balaban J connectivity index is 1.07. The molecule has 0 atom stereocenters. The predicted octanol–water partition coefficient (Wildman–Crippen LogP) is 14.6. The van der Waals surface area contributed by atoms with Crippen LogP contribution in [0.3, 0.4) is 0 Å². The van der Waals surface area contributed by atoms with Crippen LogP contribution in [0.5, 0.6) is 0 Å². The smallest absolute Gasteiger partial charge is 0.164 e. The Morgan fingerprint density at radius 2 is 0.541 bits per heavy atom. The molecule has 0 amide bonds. The van der Waals surface area contributed by atoms with Crippen LogP contribution in [-0.4, -0.2) is 19.5 Å². The van der Waals surface area contributed by atoms with Crippen molar-refractivity contribution in [2.45, 2.75) is 0 Å². The molecule has 0 aliphatic rings. The standard InChI is InChI=1S/C57H38N4/c1-5-14-39(15-6-1)42-24-26-44(27-25-42)47-22-13-23-50(36-47)61-53-37-48(41-18-9-3-10-19-41)32-34-51(53)52-35-33-49(38-54(52)61)57-59-55(45-20-11-4-12-21-45)58-56(60-57)46-30-28-43(29-31-46)40-16-7-2-8-17-40/h1-38H. The summed E-state index contributed by atoms with van der Waals surface area (Å²) in [5.41, 5.74) is 15.4. The van der Waals surface area contributed by atoms with Gasteiger partial charge in [-0.05, 0) is 68.8 Å². The van der Waals surface area contributed by atoms with Gasteiger partial charge in [-0.25, -0.2) is 15.0 Å². The van der Waals surface area contributed by atoms with Crippen molar-refractivity contribution in [1.82, 2.24) is 19.5 Å². The summed E-state index contributed by atoms with van der Waals surface area (Å²) in [5, 5.41) is 2.34. The number of hydrogen-bond acceptors (Lipinski definition) is 3. The normalized spacial score (nSPS) is 11.3. The van der Waals surface area contributed by atoms with Gasteiger partial charge in [0.15, 0.2) is 17.5 Å². The molecule has 0 spiro atoms. The van der Waals surface area contributed by atoms with Gasteiger partial charge in [0.25, 0.3) is 0 Å².